The first-order chi connectivity index (χ1) is 19.8. The third-order valence-electron chi connectivity index (χ3n) is 6.40. The Kier molecular flexibility index (Phi) is 9.10. The lowest BCUT2D eigenvalue weighted by atomic mass is 10.0. The topological polar surface area (TPSA) is 104 Å². The number of thioether (sulfide) groups is 1. The molecule has 1 amide bonds. The number of carboxylic acid groups (broad SMARTS) is 1. The van der Waals surface area contributed by atoms with E-state index in [0.29, 0.717) is 59.5 Å². The van der Waals surface area contributed by atoms with Crippen LogP contribution >= 0.6 is 24.0 Å². The number of furan rings is 1. The fourth-order valence-corrected chi connectivity index (χ4v) is 5.46. The number of amides is 1. The van der Waals surface area contributed by atoms with Crippen LogP contribution in [0, 0.1) is 11.6 Å². The zero-order valence-electron chi connectivity index (χ0n) is 21.6. The van der Waals surface area contributed by atoms with Crippen LogP contribution in [0.4, 0.5) is 8.78 Å². The number of thiocarbonyl (C=S) groups is 1. The van der Waals surface area contributed by atoms with Crippen molar-refractivity contribution in [3.8, 4) is 16.9 Å². The lowest BCUT2D eigenvalue weighted by Gasteiger charge is -2.26. The molecule has 5 rings (SSSR count). The van der Waals surface area contributed by atoms with Gasteiger partial charge in [0.2, 0.25) is 5.76 Å². The molecule has 2 N–H and O–H groups in total. The van der Waals surface area contributed by atoms with Crippen molar-refractivity contribution in [1.82, 2.24) is 15.3 Å². The number of nitrogens with one attached hydrogen (secondary N) is 1. The lowest BCUT2D eigenvalue weighted by molar-refractivity contribution is -0.124. The third kappa shape index (κ3) is 7.00. The van der Waals surface area contributed by atoms with Gasteiger partial charge in [0.1, 0.15) is 18.1 Å². The molecule has 13 heteroatoms. The average Bonchev–Trinajstić information content (AvgIpc) is 3.54. The molecule has 1 aromatic heterocycles. The van der Waals surface area contributed by atoms with E-state index >= 15 is 0 Å². The van der Waals surface area contributed by atoms with Gasteiger partial charge in [0.25, 0.3) is 5.91 Å². The van der Waals surface area contributed by atoms with Crippen molar-refractivity contribution in [1.29, 1.82) is 0 Å². The minimum atomic E-state index is -1.20. The fourth-order valence-electron chi connectivity index (χ4n) is 4.25. The Balaban J connectivity index is 1.36. The number of halogens is 2. The number of aromatic carboxylic acids is 1. The summed E-state index contributed by atoms with van der Waals surface area (Å²) in [6.07, 6.45) is 1.64. The highest BCUT2D eigenvalue weighted by molar-refractivity contribution is 8.26. The maximum absolute atomic E-state index is 14.0. The molecule has 0 atom stereocenters. The first kappa shape index (κ1) is 28.9. The van der Waals surface area contributed by atoms with Crippen LogP contribution in [-0.2, 0) is 16.1 Å². The van der Waals surface area contributed by atoms with E-state index in [1.807, 2.05) is 0 Å². The number of ether oxygens (including phenoxy) is 2. The number of hydrazine groups is 1. The van der Waals surface area contributed by atoms with Gasteiger partial charge in [-0.15, -0.1) is 0 Å². The first-order valence-electron chi connectivity index (χ1n) is 12.6. The third-order valence-corrected chi connectivity index (χ3v) is 7.70. The summed E-state index contributed by atoms with van der Waals surface area (Å²) in [7, 11) is 0. The van der Waals surface area contributed by atoms with E-state index in [1.165, 1.54) is 23.2 Å². The van der Waals surface area contributed by atoms with Crippen molar-refractivity contribution >= 4 is 46.3 Å². The summed E-state index contributed by atoms with van der Waals surface area (Å²) in [5.41, 5.74) is 4.50. The van der Waals surface area contributed by atoms with Crippen LogP contribution in [0.1, 0.15) is 21.9 Å². The van der Waals surface area contributed by atoms with Gasteiger partial charge >= 0.3 is 5.97 Å². The van der Waals surface area contributed by atoms with Gasteiger partial charge in [-0.25, -0.2) is 24.0 Å². The second-order valence-electron chi connectivity index (χ2n) is 9.11. The van der Waals surface area contributed by atoms with Crippen LogP contribution in [0.25, 0.3) is 17.2 Å². The van der Waals surface area contributed by atoms with Gasteiger partial charge < -0.3 is 19.0 Å². The lowest BCUT2D eigenvalue weighted by Crippen LogP contribution is -2.40. The van der Waals surface area contributed by atoms with E-state index in [-0.39, 0.29) is 16.6 Å². The Morgan fingerprint density at radius 2 is 1.85 bits per heavy atom. The molecule has 0 radical (unpaired) electrons. The monoisotopic (exact) mass is 601 g/mol. The van der Waals surface area contributed by atoms with E-state index in [1.54, 1.807) is 24.3 Å². The predicted octanol–water partition coefficient (Wildman–Crippen LogP) is 4.54. The quantitative estimate of drug-likeness (QED) is 0.254. The van der Waals surface area contributed by atoms with E-state index in [0.717, 1.165) is 37.0 Å². The summed E-state index contributed by atoms with van der Waals surface area (Å²) in [6, 6.07) is 11.7. The van der Waals surface area contributed by atoms with Crippen molar-refractivity contribution < 1.29 is 37.4 Å². The summed E-state index contributed by atoms with van der Waals surface area (Å²) in [6.45, 7) is 4.10. The number of carbonyl (C=O) groups is 2. The molecule has 3 heterocycles. The molecule has 0 unspecified atom stereocenters. The minimum Gasteiger partial charge on any atom is -0.492 e. The van der Waals surface area contributed by atoms with Gasteiger partial charge in [0, 0.05) is 25.2 Å². The van der Waals surface area contributed by atoms with Crippen LogP contribution < -0.4 is 10.2 Å². The number of rotatable bonds is 10. The molecule has 2 saturated heterocycles. The molecule has 2 fully saturated rings. The van der Waals surface area contributed by atoms with Gasteiger partial charge in [0.15, 0.2) is 16.0 Å². The standard InChI is InChI=1S/C28H25F2N3O6S2/c29-21-4-1-18(14-22(21)30)17-2-5-23(38-12-9-32-7-10-37-11-8-32)19(13-17)15-25-26(34)33(28(40)41-25)31-16-20-3-6-24(39-20)27(35)36/h1-6,13-15,31H,7-12,16H2,(H,35,36). The molecule has 0 aliphatic carbocycles. The molecule has 3 aromatic rings. The van der Waals surface area contributed by atoms with E-state index in [9.17, 15) is 18.4 Å². The Hall–Kier alpha value is -3.62. The highest BCUT2D eigenvalue weighted by Crippen LogP contribution is 2.35. The molecule has 0 bridgehead atoms. The zero-order valence-corrected chi connectivity index (χ0v) is 23.2. The molecular formula is C28H25F2N3O6S2. The van der Waals surface area contributed by atoms with Crippen LogP contribution in [0.2, 0.25) is 0 Å². The van der Waals surface area contributed by atoms with Crippen molar-refractivity contribution in [2.45, 2.75) is 6.54 Å². The van der Waals surface area contributed by atoms with Crippen LogP contribution in [0.15, 0.2) is 57.9 Å². The maximum atomic E-state index is 14.0. The maximum Gasteiger partial charge on any atom is 0.371 e. The van der Waals surface area contributed by atoms with Gasteiger partial charge in [-0.2, -0.15) is 0 Å². The summed E-state index contributed by atoms with van der Waals surface area (Å²) < 4.78 is 44.4. The molecule has 2 aliphatic heterocycles. The Bertz CT molecular complexity index is 1510. The fraction of sp³-hybridized carbons (Fsp3) is 0.250. The van der Waals surface area contributed by atoms with Crippen molar-refractivity contribution in [3.05, 3.63) is 82.2 Å². The van der Waals surface area contributed by atoms with Crippen LogP contribution in [0.3, 0.4) is 0 Å². The summed E-state index contributed by atoms with van der Waals surface area (Å²) in [5, 5.41) is 10.2. The summed E-state index contributed by atoms with van der Waals surface area (Å²) >= 11 is 6.47. The molecule has 2 aliphatic rings. The number of nitrogens with zero attached hydrogens (tertiary/aromatic N) is 2. The molecule has 0 spiro atoms. The van der Waals surface area contributed by atoms with Crippen molar-refractivity contribution in [2.24, 2.45) is 0 Å². The minimum absolute atomic E-state index is 0.0362. The Morgan fingerprint density at radius 3 is 2.59 bits per heavy atom. The van der Waals surface area contributed by atoms with E-state index < -0.39 is 23.5 Å². The molecular weight excluding hydrogens is 576 g/mol. The number of hydrogen-bond donors (Lipinski definition) is 2. The average molecular weight is 602 g/mol. The predicted molar refractivity (Wildman–Crippen MR) is 152 cm³/mol. The number of carbonyl (C=O) groups excluding carboxylic acids is 1. The molecule has 9 nitrogen and oxygen atoms in total. The van der Waals surface area contributed by atoms with Crippen LogP contribution in [-0.4, -0.2) is 70.7 Å². The molecule has 41 heavy (non-hydrogen) atoms. The van der Waals surface area contributed by atoms with Crippen LogP contribution in [0.5, 0.6) is 5.75 Å². The second kappa shape index (κ2) is 12.9. The Labute approximate surface area is 243 Å². The largest absolute Gasteiger partial charge is 0.492 e. The van der Waals surface area contributed by atoms with E-state index in [4.69, 9.17) is 31.2 Å². The number of hydrogen-bond acceptors (Lipinski definition) is 9. The second-order valence-corrected chi connectivity index (χ2v) is 10.8. The van der Waals surface area contributed by atoms with Crippen molar-refractivity contribution in [2.75, 3.05) is 39.5 Å². The van der Waals surface area contributed by atoms with Crippen molar-refractivity contribution in [3.63, 3.8) is 0 Å². The SMILES string of the molecule is O=C(O)c1ccc(CNN2C(=O)C(=Cc3cc(-c4ccc(F)c(F)c4)ccc3OCCN3CCOCC3)SC2=S)o1. The number of carboxylic acids is 1. The molecule has 0 saturated carbocycles. The summed E-state index contributed by atoms with van der Waals surface area (Å²) in [4.78, 5) is 26.8. The number of morpholine rings is 1. The van der Waals surface area contributed by atoms with Gasteiger partial charge in [-0.1, -0.05) is 36.1 Å². The molecule has 2 aromatic carbocycles. The van der Waals surface area contributed by atoms with Gasteiger partial charge in [0.05, 0.1) is 24.7 Å². The highest BCUT2D eigenvalue weighted by atomic mass is 32.2. The Morgan fingerprint density at radius 1 is 1.10 bits per heavy atom. The first-order valence-corrected chi connectivity index (χ1v) is 13.9. The number of benzene rings is 2. The zero-order chi connectivity index (χ0) is 28.9. The highest BCUT2D eigenvalue weighted by Gasteiger charge is 2.32. The van der Waals surface area contributed by atoms with Gasteiger partial charge in [-0.3, -0.25) is 9.69 Å². The molecule has 214 valence electrons. The van der Waals surface area contributed by atoms with Gasteiger partial charge in [-0.05, 0) is 53.6 Å². The normalized spacial score (nSPS) is 17.0. The smallest absolute Gasteiger partial charge is 0.371 e. The summed E-state index contributed by atoms with van der Waals surface area (Å²) in [5.74, 6) is -2.90. The van der Waals surface area contributed by atoms with E-state index in [2.05, 4.69) is 10.3 Å².